The van der Waals surface area contributed by atoms with E-state index >= 15 is 0 Å². The fourth-order valence-corrected chi connectivity index (χ4v) is 5.78. The van der Waals surface area contributed by atoms with Crippen LogP contribution in [0.3, 0.4) is 0 Å². The molecule has 2 aliphatic heterocycles. The maximum absolute atomic E-state index is 9.83. The molecule has 3 nitrogen and oxygen atoms in total. The van der Waals surface area contributed by atoms with Crippen molar-refractivity contribution in [2.45, 2.75) is 62.1 Å². The number of benzene rings is 2. The second-order valence-electron chi connectivity index (χ2n) is 8.81. The van der Waals surface area contributed by atoms with Gasteiger partial charge < -0.3 is 10.8 Å². The minimum absolute atomic E-state index is 0.109. The number of hydrogen-bond acceptors (Lipinski definition) is 3. The van der Waals surface area contributed by atoms with E-state index in [0.717, 1.165) is 19.4 Å². The standard InChI is InChI=1S/C23H28N2O/c24-23(13-17-4-1-2-5-18(17)14-23)15-25-20-8-9-21(25)11-19(10-20)16-6-3-7-22(26)12-16/h1-7,12,19-21,26H,8-11,13-15,24H2/t19-,20+,21-. The zero-order chi connectivity index (χ0) is 17.7. The molecule has 2 fully saturated rings. The van der Waals surface area contributed by atoms with Gasteiger partial charge in [0.05, 0.1) is 0 Å². The minimum Gasteiger partial charge on any atom is -0.508 e. The van der Waals surface area contributed by atoms with E-state index in [1.165, 1.54) is 42.4 Å². The number of phenols is 1. The molecule has 0 aromatic heterocycles. The molecule has 1 aliphatic carbocycles. The van der Waals surface area contributed by atoms with Crippen molar-refractivity contribution in [1.82, 2.24) is 4.90 Å². The summed E-state index contributed by atoms with van der Waals surface area (Å²) in [6, 6.07) is 17.9. The molecular formula is C23H28N2O. The number of nitrogens with two attached hydrogens (primary N) is 1. The van der Waals surface area contributed by atoms with Crippen LogP contribution < -0.4 is 5.73 Å². The van der Waals surface area contributed by atoms with E-state index in [4.69, 9.17) is 5.73 Å². The third-order valence-electron chi connectivity index (χ3n) is 6.93. The van der Waals surface area contributed by atoms with Gasteiger partial charge in [0.15, 0.2) is 0 Å². The fraction of sp³-hybridized carbons (Fsp3) is 0.478. The third-order valence-corrected chi connectivity index (χ3v) is 6.93. The Kier molecular flexibility index (Phi) is 3.84. The Bertz CT molecular complexity index is 778. The number of nitrogens with zero attached hydrogens (tertiary/aromatic N) is 1. The zero-order valence-corrected chi connectivity index (χ0v) is 15.3. The van der Waals surface area contributed by atoms with Crippen LogP contribution in [0.4, 0.5) is 0 Å². The molecule has 0 spiro atoms. The molecule has 2 bridgehead atoms. The molecule has 3 heteroatoms. The second kappa shape index (κ2) is 6.11. The monoisotopic (exact) mass is 348 g/mol. The molecular weight excluding hydrogens is 320 g/mol. The van der Waals surface area contributed by atoms with Gasteiger partial charge in [0, 0.05) is 24.2 Å². The summed E-state index contributed by atoms with van der Waals surface area (Å²) in [5.41, 5.74) is 11.0. The minimum atomic E-state index is -0.109. The van der Waals surface area contributed by atoms with Gasteiger partial charge in [-0.3, -0.25) is 4.90 Å². The lowest BCUT2D eigenvalue weighted by atomic mass is 9.83. The summed E-state index contributed by atoms with van der Waals surface area (Å²) in [6.45, 7) is 1.02. The first-order valence-electron chi connectivity index (χ1n) is 10.00. The smallest absolute Gasteiger partial charge is 0.115 e. The van der Waals surface area contributed by atoms with Gasteiger partial charge in [0.1, 0.15) is 5.75 Å². The predicted molar refractivity (Wildman–Crippen MR) is 104 cm³/mol. The van der Waals surface area contributed by atoms with Crippen LogP contribution >= 0.6 is 0 Å². The van der Waals surface area contributed by atoms with Crippen LogP contribution in [0.25, 0.3) is 0 Å². The third kappa shape index (κ3) is 2.83. The molecule has 3 N–H and O–H groups in total. The van der Waals surface area contributed by atoms with Crippen molar-refractivity contribution < 1.29 is 5.11 Å². The molecule has 2 aromatic carbocycles. The molecule has 3 aliphatic rings. The maximum atomic E-state index is 9.83. The average Bonchev–Trinajstić information content (AvgIpc) is 3.05. The van der Waals surface area contributed by atoms with Crippen LogP contribution in [0.2, 0.25) is 0 Å². The Morgan fingerprint density at radius 3 is 2.23 bits per heavy atom. The lowest BCUT2D eigenvalue weighted by Crippen LogP contribution is -2.55. The van der Waals surface area contributed by atoms with Crippen molar-refractivity contribution in [3.05, 3.63) is 65.2 Å². The number of rotatable bonds is 3. The highest BCUT2D eigenvalue weighted by atomic mass is 16.3. The van der Waals surface area contributed by atoms with Gasteiger partial charge in [-0.2, -0.15) is 0 Å². The molecule has 136 valence electrons. The fourth-order valence-electron chi connectivity index (χ4n) is 5.78. The Morgan fingerprint density at radius 1 is 0.962 bits per heavy atom. The van der Waals surface area contributed by atoms with Crippen molar-refractivity contribution in [3.63, 3.8) is 0 Å². The summed E-state index contributed by atoms with van der Waals surface area (Å²) in [6.07, 6.45) is 7.00. The largest absolute Gasteiger partial charge is 0.508 e. The zero-order valence-electron chi connectivity index (χ0n) is 15.3. The molecule has 0 amide bonds. The van der Waals surface area contributed by atoms with E-state index in [9.17, 15) is 5.11 Å². The van der Waals surface area contributed by atoms with Crippen LogP contribution in [0.5, 0.6) is 5.75 Å². The maximum Gasteiger partial charge on any atom is 0.115 e. The van der Waals surface area contributed by atoms with Crippen LogP contribution in [-0.2, 0) is 12.8 Å². The second-order valence-corrected chi connectivity index (χ2v) is 8.81. The Morgan fingerprint density at radius 2 is 1.62 bits per heavy atom. The first-order chi connectivity index (χ1) is 12.6. The number of fused-ring (bicyclic) bond motifs is 3. The molecule has 0 unspecified atom stereocenters. The van der Waals surface area contributed by atoms with Gasteiger partial charge in [0.2, 0.25) is 0 Å². The van der Waals surface area contributed by atoms with E-state index in [1.54, 1.807) is 6.07 Å². The lowest BCUT2D eigenvalue weighted by molar-refractivity contribution is 0.0975. The number of hydrogen-bond donors (Lipinski definition) is 2. The quantitative estimate of drug-likeness (QED) is 0.891. The molecule has 26 heavy (non-hydrogen) atoms. The molecule has 5 rings (SSSR count). The summed E-state index contributed by atoms with van der Waals surface area (Å²) < 4.78 is 0. The number of aromatic hydroxyl groups is 1. The topological polar surface area (TPSA) is 49.5 Å². The highest BCUT2D eigenvalue weighted by Crippen LogP contribution is 2.44. The van der Waals surface area contributed by atoms with Crippen molar-refractivity contribution in [2.75, 3.05) is 6.54 Å². The van der Waals surface area contributed by atoms with Crippen LogP contribution in [0, 0.1) is 0 Å². The highest BCUT2D eigenvalue weighted by Gasteiger charge is 2.45. The van der Waals surface area contributed by atoms with Gasteiger partial charge in [-0.05, 0) is 73.3 Å². The van der Waals surface area contributed by atoms with Crippen molar-refractivity contribution in [1.29, 1.82) is 0 Å². The number of phenolic OH excluding ortho intramolecular Hbond substituents is 1. The Balaban J connectivity index is 1.31. The predicted octanol–water partition coefficient (Wildman–Crippen LogP) is 3.60. The van der Waals surface area contributed by atoms with Crippen molar-refractivity contribution >= 4 is 0 Å². The van der Waals surface area contributed by atoms with E-state index in [1.807, 2.05) is 12.1 Å². The molecule has 2 saturated heterocycles. The van der Waals surface area contributed by atoms with Gasteiger partial charge in [0.25, 0.3) is 0 Å². The van der Waals surface area contributed by atoms with Crippen LogP contribution in [-0.4, -0.2) is 34.2 Å². The summed E-state index contributed by atoms with van der Waals surface area (Å²) in [5.74, 6) is 0.965. The summed E-state index contributed by atoms with van der Waals surface area (Å²) in [7, 11) is 0. The van der Waals surface area contributed by atoms with E-state index in [2.05, 4.69) is 35.2 Å². The first kappa shape index (κ1) is 16.3. The molecule has 0 radical (unpaired) electrons. The molecule has 2 heterocycles. The van der Waals surface area contributed by atoms with E-state index < -0.39 is 0 Å². The SMILES string of the molecule is NC1(CN2[C@@H]3CC[C@H]2C[C@@H](c2cccc(O)c2)C3)Cc2ccccc2C1. The van der Waals surface area contributed by atoms with Gasteiger partial charge in [-0.15, -0.1) is 0 Å². The molecule has 3 atom stereocenters. The Hall–Kier alpha value is -1.84. The highest BCUT2D eigenvalue weighted by molar-refractivity contribution is 5.36. The van der Waals surface area contributed by atoms with E-state index in [-0.39, 0.29) is 5.54 Å². The van der Waals surface area contributed by atoms with E-state index in [0.29, 0.717) is 23.8 Å². The van der Waals surface area contributed by atoms with Crippen LogP contribution in [0.15, 0.2) is 48.5 Å². The van der Waals surface area contributed by atoms with Crippen LogP contribution in [0.1, 0.15) is 48.3 Å². The summed E-state index contributed by atoms with van der Waals surface area (Å²) in [5, 5.41) is 9.83. The molecule has 0 saturated carbocycles. The van der Waals surface area contributed by atoms with Crippen molar-refractivity contribution in [2.24, 2.45) is 5.73 Å². The lowest BCUT2D eigenvalue weighted by Gasteiger charge is -2.43. The average molecular weight is 348 g/mol. The summed E-state index contributed by atoms with van der Waals surface area (Å²) >= 11 is 0. The van der Waals surface area contributed by atoms with Crippen molar-refractivity contribution in [3.8, 4) is 5.75 Å². The first-order valence-corrected chi connectivity index (χ1v) is 10.00. The Labute approximate surface area is 155 Å². The van der Waals surface area contributed by atoms with Gasteiger partial charge in [-0.1, -0.05) is 36.4 Å². The molecule has 2 aromatic rings. The van der Waals surface area contributed by atoms with Gasteiger partial charge >= 0.3 is 0 Å². The summed E-state index contributed by atoms with van der Waals surface area (Å²) in [4.78, 5) is 2.73. The number of piperidine rings is 1. The van der Waals surface area contributed by atoms with Gasteiger partial charge in [-0.25, -0.2) is 0 Å². The normalized spacial score (nSPS) is 29.7.